The summed E-state index contributed by atoms with van der Waals surface area (Å²) in [6.45, 7) is 4.18. The highest BCUT2D eigenvalue weighted by atomic mass is 16.5. The average molecular weight is 252 g/mol. The fraction of sp³-hybridized carbons (Fsp3) is 0.688. The molecule has 0 aromatic heterocycles. The Morgan fingerprint density at radius 3 is 2.00 bits per heavy atom. The molecule has 0 N–H and O–H groups in total. The van der Waals surface area contributed by atoms with E-state index in [1.165, 1.54) is 45.4 Å². The third-order valence-corrected chi connectivity index (χ3v) is 2.64. The summed E-state index contributed by atoms with van der Waals surface area (Å²) in [6.07, 6.45) is 18.4. The summed E-state index contributed by atoms with van der Waals surface area (Å²) in [7, 11) is 0. The number of unbranched alkanes of at least 4 members (excludes halogenated alkanes) is 5. The van der Waals surface area contributed by atoms with Crippen molar-refractivity contribution in [3.63, 3.8) is 0 Å². The number of ether oxygens (including phenoxy) is 1. The molecule has 0 amide bonds. The molecule has 0 rings (SSSR count). The molecule has 2 heteroatoms. The molecule has 0 aromatic rings. The fourth-order valence-electron chi connectivity index (χ4n) is 1.61. The molecule has 0 aromatic carbocycles. The fourth-order valence-corrected chi connectivity index (χ4v) is 1.61. The highest BCUT2D eigenvalue weighted by Crippen LogP contribution is 2.03. The van der Waals surface area contributed by atoms with Crippen LogP contribution >= 0.6 is 0 Å². The predicted molar refractivity (Wildman–Crippen MR) is 77.5 cm³/mol. The van der Waals surface area contributed by atoms with Gasteiger partial charge in [-0.2, -0.15) is 0 Å². The Bertz CT molecular complexity index is 241. The quantitative estimate of drug-likeness (QED) is 0.300. The van der Waals surface area contributed by atoms with Gasteiger partial charge in [0.2, 0.25) is 0 Å². The maximum absolute atomic E-state index is 10.5. The van der Waals surface area contributed by atoms with Crippen LogP contribution in [0.5, 0.6) is 0 Å². The summed E-state index contributed by atoms with van der Waals surface area (Å²) in [4.78, 5) is 10.5. The number of hydrogen-bond donors (Lipinski definition) is 0. The number of esters is 1. The van der Waals surface area contributed by atoms with E-state index in [0.717, 1.165) is 12.8 Å². The molecule has 0 atom stereocenters. The van der Waals surface area contributed by atoms with Crippen LogP contribution in [0.15, 0.2) is 24.3 Å². The van der Waals surface area contributed by atoms with Crippen molar-refractivity contribution >= 4 is 5.97 Å². The minimum atomic E-state index is -0.198. The molecule has 0 radical (unpaired) electrons. The molecule has 104 valence electrons. The van der Waals surface area contributed by atoms with Crippen molar-refractivity contribution in [1.29, 1.82) is 0 Å². The first-order chi connectivity index (χ1) is 8.77. The maximum Gasteiger partial charge on any atom is 0.302 e. The molecule has 0 fully saturated rings. The smallest absolute Gasteiger partial charge is 0.302 e. The summed E-state index contributed by atoms with van der Waals surface area (Å²) in [5.74, 6) is -0.198. The van der Waals surface area contributed by atoms with Crippen LogP contribution in [0.4, 0.5) is 0 Å². The number of carbonyl (C=O) groups excluding carboxylic acids is 1. The zero-order valence-electron chi connectivity index (χ0n) is 12.0. The van der Waals surface area contributed by atoms with Crippen LogP contribution in [0.3, 0.4) is 0 Å². The Hall–Kier alpha value is -1.05. The number of carbonyl (C=O) groups is 1. The largest absolute Gasteiger partial charge is 0.466 e. The molecule has 0 saturated heterocycles. The van der Waals surface area contributed by atoms with E-state index < -0.39 is 0 Å². The van der Waals surface area contributed by atoms with Gasteiger partial charge in [-0.05, 0) is 38.5 Å². The van der Waals surface area contributed by atoms with Gasteiger partial charge in [0.15, 0.2) is 0 Å². The van der Waals surface area contributed by atoms with E-state index in [-0.39, 0.29) is 5.97 Å². The zero-order chi connectivity index (χ0) is 13.5. The van der Waals surface area contributed by atoms with Crippen molar-refractivity contribution < 1.29 is 9.53 Å². The van der Waals surface area contributed by atoms with Crippen molar-refractivity contribution in [2.75, 3.05) is 6.61 Å². The van der Waals surface area contributed by atoms with Crippen LogP contribution in [0.25, 0.3) is 0 Å². The highest BCUT2D eigenvalue weighted by molar-refractivity contribution is 5.65. The molecule has 18 heavy (non-hydrogen) atoms. The second-order valence-electron chi connectivity index (χ2n) is 4.50. The van der Waals surface area contributed by atoms with Gasteiger partial charge >= 0.3 is 5.97 Å². The first-order valence-electron chi connectivity index (χ1n) is 7.20. The lowest BCUT2D eigenvalue weighted by Gasteiger charge is -1.96. The van der Waals surface area contributed by atoms with Crippen LogP contribution in [-0.4, -0.2) is 12.6 Å². The second-order valence-corrected chi connectivity index (χ2v) is 4.50. The van der Waals surface area contributed by atoms with Gasteiger partial charge in [-0.1, -0.05) is 44.1 Å². The lowest BCUT2D eigenvalue weighted by atomic mass is 10.1. The third-order valence-electron chi connectivity index (χ3n) is 2.64. The molecule has 0 bridgehead atoms. The summed E-state index contributed by atoms with van der Waals surface area (Å²) in [5, 5.41) is 0. The van der Waals surface area contributed by atoms with Gasteiger partial charge in [-0.15, -0.1) is 0 Å². The van der Waals surface area contributed by atoms with Gasteiger partial charge in [0, 0.05) is 6.92 Å². The number of rotatable bonds is 11. The minimum Gasteiger partial charge on any atom is -0.466 e. The molecular formula is C16H28O2. The lowest BCUT2D eigenvalue weighted by Crippen LogP contribution is -1.98. The van der Waals surface area contributed by atoms with Crippen LogP contribution in [-0.2, 0) is 9.53 Å². The normalized spacial score (nSPS) is 11.4. The minimum absolute atomic E-state index is 0.198. The molecule has 0 saturated carbocycles. The summed E-state index contributed by atoms with van der Waals surface area (Å²) >= 11 is 0. The number of hydrogen-bond acceptors (Lipinski definition) is 2. The Morgan fingerprint density at radius 1 is 0.889 bits per heavy atom. The Morgan fingerprint density at radius 2 is 1.44 bits per heavy atom. The third kappa shape index (κ3) is 14.9. The maximum atomic E-state index is 10.5. The van der Waals surface area contributed by atoms with Crippen LogP contribution in [0.2, 0.25) is 0 Å². The second kappa shape index (κ2) is 14.0. The van der Waals surface area contributed by atoms with E-state index in [2.05, 4.69) is 31.2 Å². The summed E-state index contributed by atoms with van der Waals surface area (Å²) < 4.78 is 4.83. The van der Waals surface area contributed by atoms with Crippen LogP contribution < -0.4 is 0 Å². The first kappa shape index (κ1) is 16.9. The van der Waals surface area contributed by atoms with E-state index in [9.17, 15) is 4.79 Å². The molecule has 0 heterocycles. The van der Waals surface area contributed by atoms with Gasteiger partial charge < -0.3 is 4.74 Å². The zero-order valence-corrected chi connectivity index (χ0v) is 12.0. The van der Waals surface area contributed by atoms with Crippen molar-refractivity contribution in [3.05, 3.63) is 24.3 Å². The van der Waals surface area contributed by atoms with Crippen molar-refractivity contribution in [1.82, 2.24) is 0 Å². The van der Waals surface area contributed by atoms with Crippen LogP contribution in [0.1, 0.15) is 65.2 Å². The van der Waals surface area contributed by atoms with Gasteiger partial charge in [-0.25, -0.2) is 0 Å². The van der Waals surface area contributed by atoms with Crippen molar-refractivity contribution in [2.24, 2.45) is 0 Å². The van der Waals surface area contributed by atoms with Crippen LogP contribution in [0, 0.1) is 0 Å². The van der Waals surface area contributed by atoms with Crippen molar-refractivity contribution in [2.45, 2.75) is 65.2 Å². The van der Waals surface area contributed by atoms with Gasteiger partial charge in [0.25, 0.3) is 0 Å². The number of allylic oxidation sites excluding steroid dienone is 3. The Labute approximate surface area is 112 Å². The summed E-state index contributed by atoms with van der Waals surface area (Å²) in [5.41, 5.74) is 0. The molecule has 0 aliphatic heterocycles. The topological polar surface area (TPSA) is 26.3 Å². The predicted octanol–water partition coefficient (Wildman–Crippen LogP) is 4.80. The molecular weight excluding hydrogens is 224 g/mol. The monoisotopic (exact) mass is 252 g/mol. The average Bonchev–Trinajstić information content (AvgIpc) is 2.34. The highest BCUT2D eigenvalue weighted by Gasteiger charge is 1.88. The molecule has 0 aliphatic rings. The van der Waals surface area contributed by atoms with Gasteiger partial charge in [-0.3, -0.25) is 4.79 Å². The molecule has 2 nitrogen and oxygen atoms in total. The van der Waals surface area contributed by atoms with Gasteiger partial charge in [0.1, 0.15) is 0 Å². The van der Waals surface area contributed by atoms with E-state index in [4.69, 9.17) is 4.74 Å². The van der Waals surface area contributed by atoms with E-state index in [0.29, 0.717) is 6.61 Å². The Kier molecular flexibility index (Phi) is 13.2. The van der Waals surface area contributed by atoms with Gasteiger partial charge in [0.05, 0.1) is 6.61 Å². The molecule has 0 aliphatic carbocycles. The van der Waals surface area contributed by atoms with Crippen molar-refractivity contribution in [3.8, 4) is 0 Å². The summed E-state index contributed by atoms with van der Waals surface area (Å²) in [6, 6.07) is 0. The van der Waals surface area contributed by atoms with E-state index in [1.807, 2.05) is 0 Å². The standard InChI is InChI=1S/C16H28O2/c1-3-4-5-6-7-8-9-10-11-12-13-14-15-18-16(2)17/h7-8,12-13H,3-6,9-11,14-15H2,1-2H3/b8-7+,13-12+. The van der Waals surface area contributed by atoms with E-state index >= 15 is 0 Å². The van der Waals surface area contributed by atoms with E-state index in [1.54, 1.807) is 0 Å². The molecule has 0 unspecified atom stereocenters. The lowest BCUT2D eigenvalue weighted by molar-refractivity contribution is -0.140. The Balaban J connectivity index is 3.19. The molecule has 0 spiro atoms. The SMILES string of the molecule is CCCCC/C=C/CCC/C=C/CCOC(C)=O. The first-order valence-corrected chi connectivity index (χ1v) is 7.20.